The molecule has 0 bridgehead atoms. The topological polar surface area (TPSA) is 32.3 Å². The standard InChI is InChI=1S/C14H19ClN2O/c1-11(14(18)17-7-2-3-8-17)16-10-12-5-4-6-13(15)9-12/h4-6,9,11,16H,2-3,7-8,10H2,1H3/t11-/m1/s1. The third-order valence-electron chi connectivity index (χ3n) is 3.29. The van der Waals surface area contributed by atoms with Crippen molar-refractivity contribution in [1.29, 1.82) is 0 Å². The number of benzene rings is 1. The van der Waals surface area contributed by atoms with E-state index in [1.165, 1.54) is 0 Å². The van der Waals surface area contributed by atoms with Gasteiger partial charge in [0.05, 0.1) is 6.04 Å². The molecule has 0 radical (unpaired) electrons. The predicted molar refractivity (Wildman–Crippen MR) is 73.6 cm³/mol. The van der Waals surface area contributed by atoms with Gasteiger partial charge in [0.15, 0.2) is 0 Å². The van der Waals surface area contributed by atoms with Crippen LogP contribution in [0, 0.1) is 0 Å². The molecule has 1 aromatic rings. The predicted octanol–water partition coefficient (Wildman–Crippen LogP) is 2.44. The highest BCUT2D eigenvalue weighted by atomic mass is 35.5. The van der Waals surface area contributed by atoms with Crippen LogP contribution in [-0.2, 0) is 11.3 Å². The number of carbonyl (C=O) groups excluding carboxylic acids is 1. The van der Waals surface area contributed by atoms with Crippen molar-refractivity contribution in [2.24, 2.45) is 0 Å². The van der Waals surface area contributed by atoms with Crippen LogP contribution in [0.2, 0.25) is 5.02 Å². The number of hydrogen-bond acceptors (Lipinski definition) is 2. The second kappa shape index (κ2) is 6.21. The molecule has 18 heavy (non-hydrogen) atoms. The Hall–Kier alpha value is -1.06. The molecule has 0 spiro atoms. The van der Waals surface area contributed by atoms with Crippen LogP contribution < -0.4 is 5.32 Å². The summed E-state index contributed by atoms with van der Waals surface area (Å²) in [6.45, 7) is 4.40. The van der Waals surface area contributed by atoms with Gasteiger partial charge in [-0.2, -0.15) is 0 Å². The molecule has 1 N–H and O–H groups in total. The van der Waals surface area contributed by atoms with Crippen LogP contribution in [0.1, 0.15) is 25.3 Å². The first-order valence-electron chi connectivity index (χ1n) is 6.43. The number of amides is 1. The van der Waals surface area contributed by atoms with Gasteiger partial charge in [0.25, 0.3) is 0 Å². The Morgan fingerprint density at radius 1 is 1.44 bits per heavy atom. The van der Waals surface area contributed by atoms with Gasteiger partial charge in [0.2, 0.25) is 5.91 Å². The number of carbonyl (C=O) groups is 1. The van der Waals surface area contributed by atoms with E-state index in [2.05, 4.69) is 5.32 Å². The van der Waals surface area contributed by atoms with Crippen LogP contribution >= 0.6 is 11.6 Å². The lowest BCUT2D eigenvalue weighted by atomic mass is 10.2. The summed E-state index contributed by atoms with van der Waals surface area (Å²) < 4.78 is 0. The van der Waals surface area contributed by atoms with Crippen LogP contribution in [0.5, 0.6) is 0 Å². The summed E-state index contributed by atoms with van der Waals surface area (Å²) in [5.41, 5.74) is 1.10. The molecule has 1 aliphatic heterocycles. The summed E-state index contributed by atoms with van der Waals surface area (Å²) in [7, 11) is 0. The highest BCUT2D eigenvalue weighted by molar-refractivity contribution is 6.30. The Kier molecular flexibility index (Phi) is 4.61. The molecule has 1 saturated heterocycles. The lowest BCUT2D eigenvalue weighted by Crippen LogP contribution is -2.43. The first kappa shape index (κ1) is 13.4. The fourth-order valence-electron chi connectivity index (χ4n) is 2.22. The molecule has 1 aromatic carbocycles. The van der Waals surface area contributed by atoms with Crippen molar-refractivity contribution < 1.29 is 4.79 Å². The van der Waals surface area contributed by atoms with Gasteiger partial charge in [-0.1, -0.05) is 23.7 Å². The molecule has 2 rings (SSSR count). The van der Waals surface area contributed by atoms with Crippen molar-refractivity contribution in [1.82, 2.24) is 10.2 Å². The van der Waals surface area contributed by atoms with Gasteiger partial charge in [-0.05, 0) is 37.5 Å². The summed E-state index contributed by atoms with van der Waals surface area (Å²) in [5, 5.41) is 3.98. The quantitative estimate of drug-likeness (QED) is 0.908. The zero-order valence-corrected chi connectivity index (χ0v) is 11.4. The molecule has 1 atom stereocenters. The molecule has 98 valence electrons. The normalized spacial score (nSPS) is 16.9. The minimum atomic E-state index is -0.137. The van der Waals surface area contributed by atoms with Crippen LogP contribution in [0.15, 0.2) is 24.3 Å². The Morgan fingerprint density at radius 3 is 2.83 bits per heavy atom. The second-order valence-electron chi connectivity index (χ2n) is 4.76. The zero-order valence-electron chi connectivity index (χ0n) is 10.7. The molecular formula is C14H19ClN2O. The lowest BCUT2D eigenvalue weighted by molar-refractivity contribution is -0.131. The molecule has 1 aliphatic rings. The van der Waals surface area contributed by atoms with Crippen molar-refractivity contribution in [2.45, 2.75) is 32.4 Å². The van der Waals surface area contributed by atoms with Gasteiger partial charge in [0.1, 0.15) is 0 Å². The molecule has 0 aliphatic carbocycles. The van der Waals surface area contributed by atoms with Crippen LogP contribution in [-0.4, -0.2) is 29.9 Å². The molecule has 1 heterocycles. The van der Waals surface area contributed by atoms with Gasteiger partial charge in [-0.3, -0.25) is 4.79 Å². The minimum absolute atomic E-state index is 0.137. The maximum absolute atomic E-state index is 12.1. The summed E-state index contributed by atoms with van der Waals surface area (Å²) in [6.07, 6.45) is 2.26. The SMILES string of the molecule is C[C@@H](NCc1cccc(Cl)c1)C(=O)N1CCCC1. The number of hydrogen-bond donors (Lipinski definition) is 1. The van der Waals surface area contributed by atoms with E-state index < -0.39 is 0 Å². The Labute approximate surface area is 113 Å². The third-order valence-corrected chi connectivity index (χ3v) is 3.52. The molecule has 1 amide bonds. The summed E-state index contributed by atoms with van der Waals surface area (Å²) in [4.78, 5) is 14.0. The van der Waals surface area contributed by atoms with Crippen LogP contribution in [0.4, 0.5) is 0 Å². The van der Waals surface area contributed by atoms with Gasteiger partial charge >= 0.3 is 0 Å². The molecule has 0 aromatic heterocycles. The van der Waals surface area contributed by atoms with E-state index >= 15 is 0 Å². The fraction of sp³-hybridized carbons (Fsp3) is 0.500. The Balaban J connectivity index is 1.84. The highest BCUT2D eigenvalue weighted by Gasteiger charge is 2.22. The minimum Gasteiger partial charge on any atom is -0.341 e. The molecule has 4 heteroatoms. The van der Waals surface area contributed by atoms with E-state index in [9.17, 15) is 4.79 Å². The maximum Gasteiger partial charge on any atom is 0.239 e. The number of likely N-dealkylation sites (tertiary alicyclic amines) is 1. The average Bonchev–Trinajstić information content (AvgIpc) is 2.89. The first-order chi connectivity index (χ1) is 8.66. The average molecular weight is 267 g/mol. The largest absolute Gasteiger partial charge is 0.341 e. The molecule has 1 fully saturated rings. The van der Waals surface area contributed by atoms with Crippen molar-refractivity contribution in [2.75, 3.05) is 13.1 Å². The molecular weight excluding hydrogens is 248 g/mol. The van der Waals surface area contributed by atoms with Crippen molar-refractivity contribution in [3.63, 3.8) is 0 Å². The lowest BCUT2D eigenvalue weighted by Gasteiger charge is -2.21. The highest BCUT2D eigenvalue weighted by Crippen LogP contribution is 2.12. The van der Waals surface area contributed by atoms with Crippen molar-refractivity contribution in [3.8, 4) is 0 Å². The summed E-state index contributed by atoms with van der Waals surface area (Å²) in [6, 6.07) is 7.56. The van der Waals surface area contributed by atoms with E-state index in [1.54, 1.807) is 0 Å². The second-order valence-corrected chi connectivity index (χ2v) is 5.20. The van der Waals surface area contributed by atoms with E-state index in [0.29, 0.717) is 6.54 Å². The first-order valence-corrected chi connectivity index (χ1v) is 6.81. The van der Waals surface area contributed by atoms with Gasteiger partial charge in [-0.15, -0.1) is 0 Å². The van der Waals surface area contributed by atoms with Crippen LogP contribution in [0.25, 0.3) is 0 Å². The number of rotatable bonds is 4. The number of nitrogens with zero attached hydrogens (tertiary/aromatic N) is 1. The van der Waals surface area contributed by atoms with Crippen molar-refractivity contribution in [3.05, 3.63) is 34.9 Å². The summed E-state index contributed by atoms with van der Waals surface area (Å²) >= 11 is 5.92. The maximum atomic E-state index is 12.1. The van der Waals surface area contributed by atoms with E-state index in [4.69, 9.17) is 11.6 Å². The molecule has 0 unspecified atom stereocenters. The fourth-order valence-corrected chi connectivity index (χ4v) is 2.43. The molecule has 0 saturated carbocycles. The van der Waals surface area contributed by atoms with Gasteiger partial charge in [-0.25, -0.2) is 0 Å². The van der Waals surface area contributed by atoms with E-state index in [1.807, 2.05) is 36.1 Å². The number of nitrogens with one attached hydrogen (secondary N) is 1. The summed E-state index contributed by atoms with van der Waals surface area (Å²) in [5.74, 6) is 0.203. The smallest absolute Gasteiger partial charge is 0.239 e. The van der Waals surface area contributed by atoms with E-state index in [-0.39, 0.29) is 11.9 Å². The van der Waals surface area contributed by atoms with Gasteiger partial charge in [0, 0.05) is 24.7 Å². The van der Waals surface area contributed by atoms with Crippen molar-refractivity contribution >= 4 is 17.5 Å². The third kappa shape index (κ3) is 3.47. The zero-order chi connectivity index (χ0) is 13.0. The monoisotopic (exact) mass is 266 g/mol. The van der Waals surface area contributed by atoms with Gasteiger partial charge < -0.3 is 10.2 Å². The number of halogens is 1. The van der Waals surface area contributed by atoms with Crippen LogP contribution in [0.3, 0.4) is 0 Å². The van der Waals surface area contributed by atoms with E-state index in [0.717, 1.165) is 36.5 Å². The Bertz CT molecular complexity index is 416. The molecule has 3 nitrogen and oxygen atoms in total. The Morgan fingerprint density at radius 2 is 2.17 bits per heavy atom.